The maximum atomic E-state index is 13.6. The summed E-state index contributed by atoms with van der Waals surface area (Å²) in [5.74, 6) is -2.08. The van der Waals surface area contributed by atoms with Gasteiger partial charge in [0.2, 0.25) is 0 Å². The smallest absolute Gasteiger partial charge is 0.295 e. The molecule has 0 aliphatic carbocycles. The molecule has 1 aliphatic rings. The molecule has 1 amide bonds. The molecule has 3 aromatic carbocycles. The molecule has 1 unspecified atom stereocenters. The monoisotopic (exact) mass is 499 g/mol. The van der Waals surface area contributed by atoms with Crippen molar-refractivity contribution in [2.45, 2.75) is 12.5 Å². The van der Waals surface area contributed by atoms with Gasteiger partial charge in [0.1, 0.15) is 17.3 Å². The van der Waals surface area contributed by atoms with Crippen LogP contribution in [0, 0.1) is 5.82 Å². The minimum Gasteiger partial charge on any atom is -0.507 e. The maximum Gasteiger partial charge on any atom is 0.295 e. The number of aliphatic hydroxyl groups excluding tert-OH is 1. The van der Waals surface area contributed by atoms with Crippen LogP contribution in [-0.4, -0.2) is 35.4 Å². The van der Waals surface area contributed by atoms with Gasteiger partial charge in [-0.15, -0.1) is 0 Å². The number of carbonyl (C=O) groups is 2. The van der Waals surface area contributed by atoms with Crippen LogP contribution >= 0.6 is 23.2 Å². The lowest BCUT2D eigenvalue weighted by molar-refractivity contribution is -0.139. The van der Waals surface area contributed by atoms with E-state index in [1.807, 2.05) is 12.1 Å². The molecule has 1 aliphatic heterocycles. The topological polar surface area (TPSA) is 66.8 Å². The summed E-state index contributed by atoms with van der Waals surface area (Å²) in [4.78, 5) is 27.5. The maximum absolute atomic E-state index is 13.6. The number of Topliss-reactive ketones (excluding diaryl/α,β-unsaturated/α-hetero) is 1. The summed E-state index contributed by atoms with van der Waals surface area (Å²) in [6.07, 6.45) is 0.455. The standard InChI is InChI=1S/C26H20Cl2FNO4/c1-34-21-14-17(6-11-20(21)28)24(31)22-23(16-4-9-19(29)10-5-16)30(26(33)25(22)32)13-12-15-2-7-18(27)8-3-15/h2-11,14,23,31H,12-13H2,1H3/b24-22-. The minimum absolute atomic E-state index is 0.0860. The average Bonchev–Trinajstić information content (AvgIpc) is 3.09. The fraction of sp³-hybridized carbons (Fsp3) is 0.154. The van der Waals surface area contributed by atoms with Crippen molar-refractivity contribution in [2.24, 2.45) is 0 Å². The molecule has 1 saturated heterocycles. The SMILES string of the molecule is COc1cc(/C(O)=C2/C(=O)C(=O)N(CCc3ccc(Cl)cc3)C2c2ccc(F)cc2)ccc1Cl. The number of carbonyl (C=O) groups excluding carboxylic acids is 2. The van der Waals surface area contributed by atoms with E-state index in [1.165, 1.54) is 54.5 Å². The predicted octanol–water partition coefficient (Wildman–Crippen LogP) is 5.81. The Labute approximate surface area is 206 Å². The number of nitrogens with zero attached hydrogens (tertiary/aromatic N) is 1. The van der Waals surface area contributed by atoms with Crippen molar-refractivity contribution in [2.75, 3.05) is 13.7 Å². The predicted molar refractivity (Wildman–Crippen MR) is 129 cm³/mol. The number of likely N-dealkylation sites (tertiary alicyclic amines) is 1. The molecule has 1 heterocycles. The Hall–Kier alpha value is -3.35. The Morgan fingerprint density at radius 1 is 1.03 bits per heavy atom. The third-order valence-electron chi connectivity index (χ3n) is 5.70. The largest absolute Gasteiger partial charge is 0.507 e. The van der Waals surface area contributed by atoms with Crippen LogP contribution < -0.4 is 4.74 Å². The van der Waals surface area contributed by atoms with Gasteiger partial charge in [-0.3, -0.25) is 9.59 Å². The summed E-state index contributed by atoms with van der Waals surface area (Å²) < 4.78 is 18.8. The van der Waals surface area contributed by atoms with E-state index < -0.39 is 23.5 Å². The van der Waals surface area contributed by atoms with Gasteiger partial charge in [-0.05, 0) is 60.0 Å². The summed E-state index contributed by atoms with van der Waals surface area (Å²) in [5.41, 5.74) is 1.60. The van der Waals surface area contributed by atoms with Crippen molar-refractivity contribution >= 4 is 40.7 Å². The van der Waals surface area contributed by atoms with Gasteiger partial charge in [-0.25, -0.2) is 4.39 Å². The van der Waals surface area contributed by atoms with Crippen molar-refractivity contribution in [3.63, 3.8) is 0 Å². The molecule has 1 N–H and O–H groups in total. The number of ether oxygens (including phenoxy) is 1. The molecule has 1 atom stereocenters. The second kappa shape index (κ2) is 9.87. The Bertz CT molecular complexity index is 1270. The molecule has 8 heteroatoms. The number of methoxy groups -OCH3 is 1. The summed E-state index contributed by atoms with van der Waals surface area (Å²) in [7, 11) is 1.43. The molecule has 0 bridgehead atoms. The van der Waals surface area contributed by atoms with Gasteiger partial charge in [-0.2, -0.15) is 0 Å². The van der Waals surface area contributed by atoms with Gasteiger partial charge in [0, 0.05) is 17.1 Å². The van der Waals surface area contributed by atoms with Crippen LogP contribution in [0.1, 0.15) is 22.7 Å². The summed E-state index contributed by atoms with van der Waals surface area (Å²) >= 11 is 12.0. The minimum atomic E-state index is -0.894. The van der Waals surface area contributed by atoms with E-state index in [4.69, 9.17) is 27.9 Å². The van der Waals surface area contributed by atoms with Gasteiger partial charge in [0.25, 0.3) is 11.7 Å². The van der Waals surface area contributed by atoms with Gasteiger partial charge < -0.3 is 14.7 Å². The number of ketones is 1. The third-order valence-corrected chi connectivity index (χ3v) is 6.27. The molecular formula is C26H20Cl2FNO4. The highest BCUT2D eigenvalue weighted by atomic mass is 35.5. The van der Waals surface area contributed by atoms with Crippen molar-refractivity contribution in [3.8, 4) is 5.75 Å². The normalized spacial score (nSPS) is 17.3. The molecule has 5 nitrogen and oxygen atoms in total. The van der Waals surface area contributed by atoms with Crippen LogP contribution in [0.2, 0.25) is 10.0 Å². The number of halogens is 3. The zero-order chi connectivity index (χ0) is 24.4. The van der Waals surface area contributed by atoms with E-state index in [0.717, 1.165) is 5.56 Å². The summed E-state index contributed by atoms with van der Waals surface area (Å²) in [6, 6.07) is 16.3. The van der Waals surface area contributed by atoms with Gasteiger partial charge >= 0.3 is 0 Å². The van der Waals surface area contributed by atoms with E-state index in [0.29, 0.717) is 27.8 Å². The Morgan fingerprint density at radius 3 is 2.35 bits per heavy atom. The van der Waals surface area contributed by atoms with Gasteiger partial charge in [-0.1, -0.05) is 47.5 Å². The first-order valence-electron chi connectivity index (χ1n) is 10.4. The van der Waals surface area contributed by atoms with E-state index >= 15 is 0 Å². The fourth-order valence-corrected chi connectivity index (χ4v) is 4.29. The first-order chi connectivity index (χ1) is 16.3. The number of rotatable bonds is 6. The van der Waals surface area contributed by atoms with Gasteiger partial charge in [0.05, 0.1) is 23.7 Å². The molecule has 0 aromatic heterocycles. The van der Waals surface area contributed by atoms with Crippen molar-refractivity contribution in [1.82, 2.24) is 4.90 Å². The molecule has 174 valence electrons. The second-order valence-electron chi connectivity index (χ2n) is 7.77. The first-order valence-corrected chi connectivity index (χ1v) is 11.2. The number of hydrogen-bond donors (Lipinski definition) is 1. The summed E-state index contributed by atoms with van der Waals surface area (Å²) in [6.45, 7) is 0.203. The van der Waals surface area contributed by atoms with Crippen LogP contribution in [0.5, 0.6) is 5.75 Å². The highest BCUT2D eigenvalue weighted by Gasteiger charge is 2.45. The van der Waals surface area contributed by atoms with E-state index in [9.17, 15) is 19.1 Å². The van der Waals surface area contributed by atoms with Crippen LogP contribution in [0.25, 0.3) is 5.76 Å². The zero-order valence-electron chi connectivity index (χ0n) is 18.1. The van der Waals surface area contributed by atoms with Gasteiger partial charge in [0.15, 0.2) is 0 Å². The number of aliphatic hydroxyl groups is 1. The molecule has 4 rings (SSSR count). The Morgan fingerprint density at radius 2 is 1.71 bits per heavy atom. The lowest BCUT2D eigenvalue weighted by Crippen LogP contribution is -2.31. The van der Waals surface area contributed by atoms with Crippen LogP contribution in [0.3, 0.4) is 0 Å². The number of amides is 1. The quantitative estimate of drug-likeness (QED) is 0.264. The Balaban J connectivity index is 1.78. The lowest BCUT2D eigenvalue weighted by Gasteiger charge is -2.25. The highest BCUT2D eigenvalue weighted by molar-refractivity contribution is 6.46. The zero-order valence-corrected chi connectivity index (χ0v) is 19.6. The number of hydrogen-bond acceptors (Lipinski definition) is 4. The summed E-state index contributed by atoms with van der Waals surface area (Å²) in [5, 5.41) is 12.1. The average molecular weight is 500 g/mol. The van der Waals surface area contributed by atoms with Crippen molar-refractivity contribution in [3.05, 3.63) is 105 Å². The fourth-order valence-electron chi connectivity index (χ4n) is 3.97. The molecule has 0 saturated carbocycles. The van der Waals surface area contributed by atoms with Crippen LogP contribution in [-0.2, 0) is 16.0 Å². The molecule has 0 spiro atoms. The Kier molecular flexibility index (Phi) is 6.91. The van der Waals surface area contributed by atoms with E-state index in [-0.39, 0.29) is 23.4 Å². The molecular weight excluding hydrogens is 480 g/mol. The van der Waals surface area contributed by atoms with E-state index in [2.05, 4.69) is 0 Å². The molecule has 3 aromatic rings. The third kappa shape index (κ3) is 4.65. The van der Waals surface area contributed by atoms with Crippen molar-refractivity contribution in [1.29, 1.82) is 0 Å². The van der Waals surface area contributed by atoms with Crippen LogP contribution in [0.4, 0.5) is 4.39 Å². The number of benzene rings is 3. The lowest BCUT2D eigenvalue weighted by atomic mass is 9.95. The first kappa shape index (κ1) is 23.8. The van der Waals surface area contributed by atoms with E-state index in [1.54, 1.807) is 12.1 Å². The molecule has 1 fully saturated rings. The molecule has 0 radical (unpaired) electrons. The highest BCUT2D eigenvalue weighted by Crippen LogP contribution is 2.40. The molecule has 34 heavy (non-hydrogen) atoms. The second-order valence-corrected chi connectivity index (χ2v) is 8.61. The van der Waals surface area contributed by atoms with Crippen LogP contribution in [0.15, 0.2) is 72.3 Å². The van der Waals surface area contributed by atoms with Crippen molar-refractivity contribution < 1.29 is 23.8 Å².